The van der Waals surface area contributed by atoms with E-state index in [0.29, 0.717) is 12.2 Å². The first-order valence-corrected chi connectivity index (χ1v) is 7.70. The van der Waals surface area contributed by atoms with Crippen LogP contribution >= 0.6 is 23.2 Å². The summed E-state index contributed by atoms with van der Waals surface area (Å²) in [5, 5.41) is 0.227. The number of hydrogen-bond acceptors (Lipinski definition) is 3. The summed E-state index contributed by atoms with van der Waals surface area (Å²) in [4.78, 5) is -0.0267. The van der Waals surface area contributed by atoms with Gasteiger partial charge in [0.1, 0.15) is 10.7 Å². The van der Waals surface area contributed by atoms with Gasteiger partial charge in [-0.3, -0.25) is 0 Å². The normalized spacial score (nSPS) is 11.7. The van der Waals surface area contributed by atoms with Crippen LogP contribution < -0.4 is 4.72 Å². The lowest BCUT2D eigenvalue weighted by Crippen LogP contribution is -2.26. The van der Waals surface area contributed by atoms with Gasteiger partial charge in [-0.2, -0.15) is 0 Å². The highest BCUT2D eigenvalue weighted by Crippen LogP contribution is 2.28. The van der Waals surface area contributed by atoms with Gasteiger partial charge in [-0.1, -0.05) is 29.3 Å². The molecule has 1 heterocycles. The minimum Gasteiger partial charge on any atom is -0.469 e. The molecule has 7 heteroatoms. The van der Waals surface area contributed by atoms with Crippen LogP contribution in [0.25, 0.3) is 0 Å². The van der Waals surface area contributed by atoms with Gasteiger partial charge in [0.15, 0.2) is 0 Å². The maximum atomic E-state index is 12.0. The number of benzene rings is 1. The highest BCUT2D eigenvalue weighted by Gasteiger charge is 2.18. The molecule has 102 valence electrons. The first-order valence-electron chi connectivity index (χ1n) is 5.47. The van der Waals surface area contributed by atoms with Crippen molar-refractivity contribution in [2.75, 3.05) is 6.54 Å². The third kappa shape index (κ3) is 3.51. The molecular formula is C12H11Cl2NO3S. The fraction of sp³-hybridized carbons (Fsp3) is 0.167. The Morgan fingerprint density at radius 3 is 2.63 bits per heavy atom. The third-order valence-electron chi connectivity index (χ3n) is 2.45. The smallest absolute Gasteiger partial charge is 0.242 e. The lowest BCUT2D eigenvalue weighted by atomic mass is 10.3. The average molecular weight is 320 g/mol. The molecule has 1 aromatic carbocycles. The number of sulfonamides is 1. The van der Waals surface area contributed by atoms with Gasteiger partial charge in [0.25, 0.3) is 0 Å². The molecule has 0 unspecified atom stereocenters. The van der Waals surface area contributed by atoms with Gasteiger partial charge in [0.05, 0.1) is 16.3 Å². The first kappa shape index (κ1) is 14.4. The fourth-order valence-corrected chi connectivity index (χ4v) is 3.32. The van der Waals surface area contributed by atoms with Crippen molar-refractivity contribution < 1.29 is 12.8 Å². The molecule has 4 nitrogen and oxygen atoms in total. The molecule has 0 fully saturated rings. The van der Waals surface area contributed by atoms with Crippen LogP contribution in [0.5, 0.6) is 0 Å². The van der Waals surface area contributed by atoms with Crippen molar-refractivity contribution in [2.45, 2.75) is 11.3 Å². The van der Waals surface area contributed by atoms with Crippen molar-refractivity contribution in [3.8, 4) is 0 Å². The number of hydrogen-bond donors (Lipinski definition) is 1. The maximum Gasteiger partial charge on any atom is 0.242 e. The second kappa shape index (κ2) is 5.96. The zero-order valence-corrected chi connectivity index (χ0v) is 12.1. The van der Waals surface area contributed by atoms with Crippen LogP contribution in [0.4, 0.5) is 0 Å². The molecule has 0 aliphatic rings. The highest BCUT2D eigenvalue weighted by molar-refractivity contribution is 7.89. The van der Waals surface area contributed by atoms with E-state index in [2.05, 4.69) is 4.72 Å². The molecule has 19 heavy (non-hydrogen) atoms. The molecule has 0 saturated carbocycles. The van der Waals surface area contributed by atoms with Crippen LogP contribution in [0.1, 0.15) is 5.76 Å². The topological polar surface area (TPSA) is 59.3 Å². The van der Waals surface area contributed by atoms with Gasteiger partial charge in [-0.15, -0.1) is 0 Å². The molecule has 0 atom stereocenters. The SMILES string of the molecule is O=S(=O)(NCCc1ccco1)c1cccc(Cl)c1Cl. The summed E-state index contributed by atoms with van der Waals surface area (Å²) in [6.45, 7) is 0.221. The van der Waals surface area contributed by atoms with Crippen molar-refractivity contribution in [3.63, 3.8) is 0 Å². The number of nitrogens with one attached hydrogen (secondary N) is 1. The predicted molar refractivity (Wildman–Crippen MR) is 74.1 cm³/mol. The van der Waals surface area contributed by atoms with E-state index >= 15 is 0 Å². The molecule has 1 aromatic heterocycles. The van der Waals surface area contributed by atoms with E-state index in [1.54, 1.807) is 12.1 Å². The predicted octanol–water partition coefficient (Wildman–Crippen LogP) is 3.11. The van der Waals surface area contributed by atoms with E-state index in [0.717, 1.165) is 0 Å². The van der Waals surface area contributed by atoms with Crippen LogP contribution in [0, 0.1) is 0 Å². The van der Waals surface area contributed by atoms with Gasteiger partial charge >= 0.3 is 0 Å². The van der Waals surface area contributed by atoms with Crippen molar-refractivity contribution in [1.82, 2.24) is 4.72 Å². The molecule has 2 rings (SSSR count). The lowest BCUT2D eigenvalue weighted by molar-refractivity contribution is 0.506. The summed E-state index contributed by atoms with van der Waals surface area (Å²) in [7, 11) is -3.67. The molecule has 0 bridgehead atoms. The Bertz CT molecular complexity index is 654. The van der Waals surface area contributed by atoms with Crippen LogP contribution in [-0.4, -0.2) is 15.0 Å². The number of furan rings is 1. The number of rotatable bonds is 5. The molecule has 0 aliphatic heterocycles. The van der Waals surface area contributed by atoms with E-state index in [4.69, 9.17) is 27.6 Å². The Hall–Kier alpha value is -1.01. The Labute approximate surface area is 121 Å². The first-order chi connectivity index (χ1) is 9.00. The second-order valence-corrected chi connectivity index (χ2v) is 6.30. The van der Waals surface area contributed by atoms with E-state index in [9.17, 15) is 8.42 Å². The minimum atomic E-state index is -3.67. The van der Waals surface area contributed by atoms with Crippen LogP contribution in [0.3, 0.4) is 0 Å². The van der Waals surface area contributed by atoms with Crippen molar-refractivity contribution in [3.05, 3.63) is 52.4 Å². The van der Waals surface area contributed by atoms with Crippen molar-refractivity contribution in [1.29, 1.82) is 0 Å². The van der Waals surface area contributed by atoms with Crippen molar-refractivity contribution >= 4 is 33.2 Å². The standard InChI is InChI=1S/C12H11Cl2NO3S/c13-10-4-1-5-11(12(10)14)19(16,17)15-7-6-9-3-2-8-18-9/h1-5,8,15H,6-7H2. The lowest BCUT2D eigenvalue weighted by Gasteiger charge is -2.08. The van der Waals surface area contributed by atoms with E-state index in [1.165, 1.54) is 24.5 Å². The Balaban J connectivity index is 2.08. The Morgan fingerprint density at radius 2 is 1.95 bits per heavy atom. The van der Waals surface area contributed by atoms with Crippen LogP contribution in [0.15, 0.2) is 45.9 Å². The Kier molecular flexibility index (Phi) is 4.52. The summed E-state index contributed by atoms with van der Waals surface area (Å²) in [6.07, 6.45) is 2.00. The zero-order chi connectivity index (χ0) is 13.9. The zero-order valence-electron chi connectivity index (χ0n) is 9.77. The van der Waals surface area contributed by atoms with Gasteiger partial charge in [-0.25, -0.2) is 13.1 Å². The average Bonchev–Trinajstić information content (AvgIpc) is 2.85. The Morgan fingerprint density at radius 1 is 1.16 bits per heavy atom. The van der Waals surface area contributed by atoms with Gasteiger partial charge in [-0.05, 0) is 24.3 Å². The van der Waals surface area contributed by atoms with E-state index < -0.39 is 10.0 Å². The summed E-state index contributed by atoms with van der Waals surface area (Å²) in [5.41, 5.74) is 0. The molecule has 0 saturated heterocycles. The highest BCUT2D eigenvalue weighted by atomic mass is 35.5. The molecule has 0 spiro atoms. The second-order valence-electron chi connectivity index (χ2n) is 3.78. The molecule has 1 N–H and O–H groups in total. The summed E-state index contributed by atoms with van der Waals surface area (Å²) < 4.78 is 31.7. The van der Waals surface area contributed by atoms with Gasteiger partial charge in [0.2, 0.25) is 10.0 Å². The monoisotopic (exact) mass is 319 g/mol. The molecule has 0 aliphatic carbocycles. The van der Waals surface area contributed by atoms with Crippen molar-refractivity contribution in [2.24, 2.45) is 0 Å². The molecular weight excluding hydrogens is 309 g/mol. The van der Waals surface area contributed by atoms with Crippen LogP contribution in [0.2, 0.25) is 10.0 Å². The van der Waals surface area contributed by atoms with Crippen LogP contribution in [-0.2, 0) is 16.4 Å². The summed E-state index contributed by atoms with van der Waals surface area (Å²) >= 11 is 11.7. The quantitative estimate of drug-likeness (QED) is 0.921. The molecule has 0 radical (unpaired) electrons. The molecule has 2 aromatic rings. The summed E-state index contributed by atoms with van der Waals surface area (Å²) in [5.74, 6) is 0.708. The summed E-state index contributed by atoms with van der Waals surface area (Å²) in [6, 6.07) is 8.00. The van der Waals surface area contributed by atoms with Gasteiger partial charge in [0, 0.05) is 13.0 Å². The number of halogens is 2. The minimum absolute atomic E-state index is 0.0228. The van der Waals surface area contributed by atoms with E-state index in [-0.39, 0.29) is 21.5 Å². The largest absolute Gasteiger partial charge is 0.469 e. The fourth-order valence-electron chi connectivity index (χ4n) is 1.53. The van der Waals surface area contributed by atoms with E-state index in [1.807, 2.05) is 0 Å². The molecule has 0 amide bonds. The maximum absolute atomic E-state index is 12.0. The van der Waals surface area contributed by atoms with Gasteiger partial charge < -0.3 is 4.42 Å². The third-order valence-corrected chi connectivity index (χ3v) is 4.88.